The van der Waals surface area contributed by atoms with Crippen LogP contribution in [0.25, 0.3) is 0 Å². The Kier molecular flexibility index (Phi) is 4.04. The monoisotopic (exact) mass is 354 g/mol. The number of hydrogen-bond donors (Lipinski definition) is 1. The van der Waals surface area contributed by atoms with E-state index in [1.807, 2.05) is 37.3 Å². The Balaban J connectivity index is 1.71. The lowest BCUT2D eigenvalue weighted by molar-refractivity contribution is -0.0738. The fourth-order valence-electron chi connectivity index (χ4n) is 3.68. The van der Waals surface area contributed by atoms with Crippen molar-refractivity contribution in [3.63, 3.8) is 0 Å². The van der Waals surface area contributed by atoms with Gasteiger partial charge in [-0.1, -0.05) is 42.5 Å². The summed E-state index contributed by atoms with van der Waals surface area (Å²) in [5.41, 5.74) is 1.83. The first-order valence-electron chi connectivity index (χ1n) is 8.67. The molecule has 2 aromatic carbocycles. The topological polar surface area (TPSA) is 33.7 Å². The van der Waals surface area contributed by atoms with E-state index in [0.717, 1.165) is 28.6 Å². The standard InChI is InChI=1S/C20H22N2O2S/c1-3-23-17-11-7-10-15-16-12-20(2,24-18(15)17)22(19(25)21-16)13-14-8-5-4-6-9-14/h4-11,16H,3,12-13H2,1-2H3,(H,21,25)/t16-,20+/m0/s1. The first-order valence-corrected chi connectivity index (χ1v) is 9.08. The van der Waals surface area contributed by atoms with Crippen LogP contribution in [-0.4, -0.2) is 22.3 Å². The van der Waals surface area contributed by atoms with Gasteiger partial charge in [0.1, 0.15) is 0 Å². The molecule has 2 bridgehead atoms. The second-order valence-corrected chi connectivity index (χ2v) is 7.05. The number of nitrogens with one attached hydrogen (secondary N) is 1. The average molecular weight is 354 g/mol. The van der Waals surface area contributed by atoms with Crippen molar-refractivity contribution in [3.8, 4) is 11.5 Å². The molecule has 0 radical (unpaired) electrons. The van der Waals surface area contributed by atoms with Crippen molar-refractivity contribution in [2.75, 3.05) is 6.61 Å². The van der Waals surface area contributed by atoms with Gasteiger partial charge in [0.2, 0.25) is 0 Å². The summed E-state index contributed by atoms with van der Waals surface area (Å²) in [5, 5.41) is 4.22. The zero-order valence-corrected chi connectivity index (χ0v) is 15.3. The number of benzene rings is 2. The molecule has 2 atom stereocenters. The minimum absolute atomic E-state index is 0.147. The van der Waals surface area contributed by atoms with Crippen LogP contribution in [0.1, 0.15) is 37.4 Å². The van der Waals surface area contributed by atoms with Crippen molar-refractivity contribution < 1.29 is 9.47 Å². The fraction of sp³-hybridized carbons (Fsp3) is 0.350. The molecule has 130 valence electrons. The summed E-state index contributed by atoms with van der Waals surface area (Å²) < 4.78 is 12.3. The average Bonchev–Trinajstić information content (AvgIpc) is 2.60. The Hall–Kier alpha value is -2.27. The molecule has 25 heavy (non-hydrogen) atoms. The molecular weight excluding hydrogens is 332 g/mol. The second kappa shape index (κ2) is 6.23. The third-order valence-corrected chi connectivity index (χ3v) is 5.23. The zero-order chi connectivity index (χ0) is 17.4. The minimum atomic E-state index is -0.497. The van der Waals surface area contributed by atoms with E-state index in [1.54, 1.807) is 0 Å². The first kappa shape index (κ1) is 16.2. The smallest absolute Gasteiger partial charge is 0.184 e. The zero-order valence-electron chi connectivity index (χ0n) is 14.5. The Bertz CT molecular complexity index is 796. The van der Waals surface area contributed by atoms with Crippen LogP contribution in [0.3, 0.4) is 0 Å². The molecule has 1 N–H and O–H groups in total. The molecule has 0 aromatic heterocycles. The van der Waals surface area contributed by atoms with Crippen LogP contribution in [0, 0.1) is 0 Å². The van der Waals surface area contributed by atoms with Crippen LogP contribution in [0.4, 0.5) is 0 Å². The highest BCUT2D eigenvalue weighted by atomic mass is 32.1. The lowest BCUT2D eigenvalue weighted by Gasteiger charge is -2.52. The number of nitrogens with zero attached hydrogens (tertiary/aromatic N) is 1. The van der Waals surface area contributed by atoms with E-state index in [4.69, 9.17) is 21.7 Å². The highest BCUT2D eigenvalue weighted by Gasteiger charge is 2.48. The summed E-state index contributed by atoms with van der Waals surface area (Å²) in [6.07, 6.45) is 0.836. The summed E-state index contributed by atoms with van der Waals surface area (Å²) >= 11 is 5.67. The van der Waals surface area contributed by atoms with Crippen molar-refractivity contribution in [3.05, 3.63) is 59.7 Å². The Morgan fingerprint density at radius 2 is 2.04 bits per heavy atom. The largest absolute Gasteiger partial charge is 0.490 e. The van der Waals surface area contributed by atoms with Gasteiger partial charge in [-0.05, 0) is 37.7 Å². The molecule has 2 heterocycles. The van der Waals surface area contributed by atoms with E-state index in [0.29, 0.717) is 13.2 Å². The van der Waals surface area contributed by atoms with Crippen LogP contribution >= 0.6 is 12.2 Å². The third-order valence-electron chi connectivity index (χ3n) is 4.89. The highest BCUT2D eigenvalue weighted by Crippen LogP contribution is 2.48. The number of thiocarbonyl (C=S) groups is 1. The summed E-state index contributed by atoms with van der Waals surface area (Å²) in [7, 11) is 0. The molecule has 2 aromatic rings. The molecule has 2 aliphatic heterocycles. The van der Waals surface area contributed by atoms with Gasteiger partial charge in [0.25, 0.3) is 0 Å². The van der Waals surface area contributed by atoms with Crippen molar-refractivity contribution in [1.82, 2.24) is 10.2 Å². The van der Waals surface area contributed by atoms with Crippen LogP contribution in [0.15, 0.2) is 48.5 Å². The van der Waals surface area contributed by atoms with Gasteiger partial charge in [0.15, 0.2) is 22.3 Å². The maximum Gasteiger partial charge on any atom is 0.184 e. The molecule has 0 unspecified atom stereocenters. The maximum absolute atomic E-state index is 6.50. The lowest BCUT2D eigenvalue weighted by Crippen LogP contribution is -2.64. The SMILES string of the molecule is CCOc1cccc2c1O[C@]1(C)C[C@@H]2NC(=S)N1Cc1ccccc1. The normalized spacial score (nSPS) is 24.2. The molecule has 4 nitrogen and oxygen atoms in total. The predicted molar refractivity (Wildman–Crippen MR) is 102 cm³/mol. The molecule has 1 saturated heterocycles. The van der Waals surface area contributed by atoms with E-state index >= 15 is 0 Å². The second-order valence-electron chi connectivity index (χ2n) is 6.66. The third kappa shape index (κ3) is 2.82. The molecule has 2 aliphatic rings. The van der Waals surface area contributed by atoms with Gasteiger partial charge in [0.05, 0.1) is 12.6 Å². The Morgan fingerprint density at radius 3 is 2.80 bits per heavy atom. The van der Waals surface area contributed by atoms with Crippen molar-refractivity contribution in [2.45, 2.75) is 38.6 Å². The van der Waals surface area contributed by atoms with Crippen molar-refractivity contribution in [1.29, 1.82) is 0 Å². The molecular formula is C20H22N2O2S. The van der Waals surface area contributed by atoms with E-state index in [1.165, 1.54) is 5.56 Å². The van der Waals surface area contributed by atoms with Gasteiger partial charge >= 0.3 is 0 Å². The molecule has 0 aliphatic carbocycles. The molecule has 5 heteroatoms. The quantitative estimate of drug-likeness (QED) is 0.839. The number of rotatable bonds is 4. The van der Waals surface area contributed by atoms with Gasteiger partial charge in [-0.2, -0.15) is 0 Å². The molecule has 0 spiro atoms. The van der Waals surface area contributed by atoms with Crippen LogP contribution in [0.5, 0.6) is 11.5 Å². The molecule has 0 amide bonds. The lowest BCUT2D eigenvalue weighted by atomic mass is 9.90. The van der Waals surface area contributed by atoms with Crippen LogP contribution < -0.4 is 14.8 Å². The number of para-hydroxylation sites is 1. The molecule has 4 rings (SSSR count). The fourth-order valence-corrected chi connectivity index (χ4v) is 4.08. The summed E-state index contributed by atoms with van der Waals surface area (Å²) in [6.45, 7) is 5.42. The van der Waals surface area contributed by atoms with E-state index in [2.05, 4.69) is 35.3 Å². The van der Waals surface area contributed by atoms with Gasteiger partial charge in [-0.15, -0.1) is 0 Å². The minimum Gasteiger partial charge on any atom is -0.490 e. The van der Waals surface area contributed by atoms with Crippen LogP contribution in [-0.2, 0) is 6.54 Å². The Morgan fingerprint density at radius 1 is 1.24 bits per heavy atom. The van der Waals surface area contributed by atoms with Crippen molar-refractivity contribution >= 4 is 17.3 Å². The van der Waals surface area contributed by atoms with Gasteiger partial charge in [0, 0.05) is 18.5 Å². The summed E-state index contributed by atoms with van der Waals surface area (Å²) in [4.78, 5) is 2.14. The van der Waals surface area contributed by atoms with Crippen molar-refractivity contribution in [2.24, 2.45) is 0 Å². The van der Waals surface area contributed by atoms with Crippen LogP contribution in [0.2, 0.25) is 0 Å². The van der Waals surface area contributed by atoms with Gasteiger partial charge in [-0.3, -0.25) is 0 Å². The summed E-state index contributed by atoms with van der Waals surface area (Å²) in [6, 6.07) is 16.6. The summed E-state index contributed by atoms with van der Waals surface area (Å²) in [5.74, 6) is 1.63. The van der Waals surface area contributed by atoms with E-state index in [-0.39, 0.29) is 6.04 Å². The maximum atomic E-state index is 6.50. The predicted octanol–water partition coefficient (Wildman–Crippen LogP) is 4.02. The highest BCUT2D eigenvalue weighted by molar-refractivity contribution is 7.80. The Labute approximate surface area is 153 Å². The van der Waals surface area contributed by atoms with Gasteiger partial charge in [-0.25, -0.2) is 0 Å². The number of hydrogen-bond acceptors (Lipinski definition) is 3. The first-order chi connectivity index (χ1) is 12.1. The molecule has 1 fully saturated rings. The molecule has 0 saturated carbocycles. The number of ether oxygens (including phenoxy) is 2. The van der Waals surface area contributed by atoms with E-state index < -0.39 is 5.72 Å². The number of fused-ring (bicyclic) bond motifs is 4. The van der Waals surface area contributed by atoms with Gasteiger partial charge < -0.3 is 19.7 Å². The van der Waals surface area contributed by atoms with E-state index in [9.17, 15) is 0 Å².